The maximum Gasteiger partial charge on any atom is 0.164 e. The number of thiophene rings is 1. The average molecular weight is 739 g/mol. The number of benzene rings is 8. The quantitative estimate of drug-likeness (QED) is 0.170. The van der Waals surface area contributed by atoms with E-state index in [1.807, 2.05) is 103 Å². The first-order valence-electron chi connectivity index (χ1n) is 20.8. The molecule has 0 fully saturated rings. The van der Waals surface area contributed by atoms with Gasteiger partial charge < -0.3 is 4.42 Å². The monoisotopic (exact) mass is 738 g/mol. The number of nitrogens with zero attached hydrogens (tertiary/aromatic N) is 3. The first kappa shape index (κ1) is 27.4. The highest BCUT2D eigenvalue weighted by Gasteiger charge is 2.19. The van der Waals surface area contributed by atoms with Crippen molar-refractivity contribution in [3.05, 3.63) is 188 Å². The van der Waals surface area contributed by atoms with E-state index >= 15 is 0 Å². The summed E-state index contributed by atoms with van der Waals surface area (Å²) in [6.07, 6.45) is 0. The standard InChI is InChI=1S/C51H31N3OS/c1-3-14-32(15-4-1)37-20-7-8-22-44(37)51-53-49(52-50(54-51)36-28-29-41-40-21-9-10-27-45(40)55-46(41)31-36)35-19-11-18-34(30-35)39-24-13-26-43-42-25-12-23-38(47(42)56-48(39)43)33-16-5-2-6-17-33/h1-31H/i2D,5D,6D,16D,17D. The lowest BCUT2D eigenvalue weighted by molar-refractivity contribution is 0.669. The molecule has 11 rings (SSSR count). The third-order valence-electron chi connectivity index (χ3n) is 10.3. The second-order valence-electron chi connectivity index (χ2n) is 13.6. The lowest BCUT2D eigenvalue weighted by Crippen LogP contribution is -2.01. The van der Waals surface area contributed by atoms with E-state index in [0.29, 0.717) is 23.0 Å². The Balaban J connectivity index is 1.08. The van der Waals surface area contributed by atoms with E-state index in [-0.39, 0.29) is 29.7 Å². The van der Waals surface area contributed by atoms with Crippen molar-refractivity contribution in [1.29, 1.82) is 0 Å². The van der Waals surface area contributed by atoms with Crippen LogP contribution in [0, 0.1) is 0 Å². The first-order chi connectivity index (χ1) is 29.8. The summed E-state index contributed by atoms with van der Waals surface area (Å²) in [4.78, 5) is 15.4. The summed E-state index contributed by atoms with van der Waals surface area (Å²) in [5.74, 6) is 1.57. The van der Waals surface area contributed by atoms with Crippen LogP contribution in [0.3, 0.4) is 0 Å². The lowest BCUT2D eigenvalue weighted by atomic mass is 9.98. The summed E-state index contributed by atoms with van der Waals surface area (Å²) >= 11 is 1.55. The van der Waals surface area contributed by atoms with Gasteiger partial charge in [0.05, 0.1) is 6.85 Å². The zero-order valence-corrected chi connectivity index (χ0v) is 30.5. The molecular formula is C51H31N3OS. The molecule has 0 bridgehead atoms. The molecule has 0 unspecified atom stereocenters. The van der Waals surface area contributed by atoms with Gasteiger partial charge in [-0.15, -0.1) is 11.3 Å². The second-order valence-corrected chi connectivity index (χ2v) is 14.6. The summed E-state index contributed by atoms with van der Waals surface area (Å²) in [7, 11) is 0. The Kier molecular flexibility index (Phi) is 6.49. The fraction of sp³-hybridized carbons (Fsp3) is 0. The fourth-order valence-corrected chi connectivity index (χ4v) is 8.98. The third kappa shape index (κ3) is 5.48. The van der Waals surface area contributed by atoms with E-state index in [2.05, 4.69) is 54.6 Å². The van der Waals surface area contributed by atoms with Crippen LogP contribution < -0.4 is 0 Å². The van der Waals surface area contributed by atoms with Crippen LogP contribution in [0.2, 0.25) is 0 Å². The molecule has 0 spiro atoms. The number of rotatable bonds is 6. The predicted octanol–water partition coefficient (Wildman–Crippen LogP) is 14.1. The SMILES string of the molecule is [2H]c1c([2H])c([2H])c(-c2cccc3c2sc2c(-c4cccc(-c5nc(-c6ccc7c(c6)oc6ccccc67)nc(-c6ccccc6-c6ccccc6)n5)c4)cccc23)c([2H])c1[2H]. The van der Waals surface area contributed by atoms with Crippen molar-refractivity contribution in [2.24, 2.45) is 0 Å². The molecule has 56 heavy (non-hydrogen) atoms. The molecule has 5 heteroatoms. The number of hydrogen-bond donors (Lipinski definition) is 0. The normalized spacial score (nSPS) is 12.8. The van der Waals surface area contributed by atoms with Crippen molar-refractivity contribution in [1.82, 2.24) is 15.0 Å². The Morgan fingerprint density at radius 2 is 0.929 bits per heavy atom. The highest BCUT2D eigenvalue weighted by Crippen LogP contribution is 2.44. The smallest absolute Gasteiger partial charge is 0.164 e. The van der Waals surface area contributed by atoms with Gasteiger partial charge in [0.1, 0.15) is 11.2 Å². The van der Waals surface area contributed by atoms with Gasteiger partial charge in [-0.05, 0) is 57.6 Å². The summed E-state index contributed by atoms with van der Waals surface area (Å²) in [6, 6.07) is 51.1. The zero-order chi connectivity index (χ0) is 41.4. The number of furan rings is 1. The minimum atomic E-state index is -0.408. The minimum Gasteiger partial charge on any atom is -0.456 e. The van der Waals surface area contributed by atoms with Gasteiger partial charge >= 0.3 is 0 Å². The van der Waals surface area contributed by atoms with E-state index in [1.165, 1.54) is 0 Å². The molecule has 8 aromatic carbocycles. The maximum absolute atomic E-state index is 8.73. The molecule has 0 amide bonds. The van der Waals surface area contributed by atoms with Gasteiger partial charge in [-0.1, -0.05) is 164 Å². The van der Waals surface area contributed by atoms with Crippen LogP contribution in [0.1, 0.15) is 6.85 Å². The molecule has 0 saturated heterocycles. The number of para-hydroxylation sites is 1. The highest BCUT2D eigenvalue weighted by atomic mass is 32.1. The Bertz CT molecular complexity index is 3540. The van der Waals surface area contributed by atoms with Crippen LogP contribution in [-0.4, -0.2) is 15.0 Å². The zero-order valence-electron chi connectivity index (χ0n) is 34.7. The van der Waals surface area contributed by atoms with Gasteiger partial charge in [0.15, 0.2) is 17.5 Å². The summed E-state index contributed by atoms with van der Waals surface area (Å²) in [5.41, 5.74) is 8.87. The molecular weight excluding hydrogens is 703 g/mol. The van der Waals surface area contributed by atoms with Gasteiger partial charge in [0, 0.05) is 47.6 Å². The van der Waals surface area contributed by atoms with Gasteiger partial charge in [-0.25, -0.2) is 15.0 Å². The van der Waals surface area contributed by atoms with Crippen LogP contribution in [0.5, 0.6) is 0 Å². The molecule has 3 heterocycles. The molecule has 11 aromatic rings. The molecule has 0 radical (unpaired) electrons. The van der Waals surface area contributed by atoms with Crippen LogP contribution in [0.15, 0.2) is 192 Å². The Labute approximate surface area is 334 Å². The first-order valence-corrected chi connectivity index (χ1v) is 19.1. The Hall–Kier alpha value is -7.21. The molecule has 0 aliphatic carbocycles. The molecule has 0 aliphatic heterocycles. The average Bonchev–Trinajstić information content (AvgIpc) is 3.89. The van der Waals surface area contributed by atoms with E-state index in [1.54, 1.807) is 11.3 Å². The molecule has 3 aromatic heterocycles. The van der Waals surface area contributed by atoms with Gasteiger partial charge in [-0.3, -0.25) is 0 Å². The van der Waals surface area contributed by atoms with E-state index in [9.17, 15) is 0 Å². The van der Waals surface area contributed by atoms with E-state index in [4.69, 9.17) is 26.2 Å². The number of hydrogen-bond acceptors (Lipinski definition) is 5. The molecule has 0 N–H and O–H groups in total. The molecule has 0 saturated carbocycles. The predicted molar refractivity (Wildman–Crippen MR) is 233 cm³/mol. The van der Waals surface area contributed by atoms with Crippen molar-refractivity contribution in [2.75, 3.05) is 0 Å². The number of fused-ring (bicyclic) bond motifs is 6. The van der Waals surface area contributed by atoms with Crippen molar-refractivity contribution >= 4 is 53.4 Å². The summed E-state index contributed by atoms with van der Waals surface area (Å²) < 4.78 is 50.4. The topological polar surface area (TPSA) is 51.8 Å². The summed E-state index contributed by atoms with van der Waals surface area (Å²) in [6.45, 7) is 0. The van der Waals surface area contributed by atoms with Gasteiger partial charge in [0.2, 0.25) is 0 Å². The van der Waals surface area contributed by atoms with Gasteiger partial charge in [-0.2, -0.15) is 0 Å². The third-order valence-corrected chi connectivity index (χ3v) is 11.5. The largest absolute Gasteiger partial charge is 0.456 e. The maximum atomic E-state index is 8.73. The van der Waals surface area contributed by atoms with Gasteiger partial charge in [0.25, 0.3) is 0 Å². The molecule has 0 aliphatic rings. The van der Waals surface area contributed by atoms with Crippen molar-refractivity contribution < 1.29 is 11.3 Å². The fourth-order valence-electron chi connectivity index (χ4n) is 7.62. The van der Waals surface area contributed by atoms with E-state index in [0.717, 1.165) is 81.1 Å². The second kappa shape index (κ2) is 13.3. The van der Waals surface area contributed by atoms with Crippen LogP contribution in [-0.2, 0) is 0 Å². The van der Waals surface area contributed by atoms with Crippen molar-refractivity contribution in [3.63, 3.8) is 0 Å². The lowest BCUT2D eigenvalue weighted by Gasteiger charge is -2.12. The highest BCUT2D eigenvalue weighted by molar-refractivity contribution is 7.26. The van der Waals surface area contributed by atoms with E-state index < -0.39 is 6.04 Å². The Morgan fingerprint density at radius 3 is 1.71 bits per heavy atom. The van der Waals surface area contributed by atoms with Crippen molar-refractivity contribution in [2.45, 2.75) is 0 Å². The Morgan fingerprint density at radius 1 is 0.375 bits per heavy atom. The molecule has 0 atom stereocenters. The number of aromatic nitrogens is 3. The summed E-state index contributed by atoms with van der Waals surface area (Å²) in [5, 5.41) is 4.04. The molecule has 262 valence electrons. The van der Waals surface area contributed by atoms with Crippen molar-refractivity contribution in [3.8, 4) is 67.5 Å². The van der Waals surface area contributed by atoms with Crippen LogP contribution in [0.4, 0.5) is 0 Å². The van der Waals surface area contributed by atoms with Crippen LogP contribution >= 0.6 is 11.3 Å². The minimum absolute atomic E-state index is 0.196. The van der Waals surface area contributed by atoms with Crippen LogP contribution in [0.25, 0.3) is 110 Å². The molecule has 4 nitrogen and oxygen atoms in total.